The number of aromatic nitrogens is 2. The smallest absolute Gasteiger partial charge is 0.276 e. The lowest BCUT2D eigenvalue weighted by Crippen LogP contribution is -2.13. The number of benzene rings is 3. The van der Waals surface area contributed by atoms with Gasteiger partial charge < -0.3 is 19.5 Å². The number of hydrogen-bond donors (Lipinski definition) is 1. The second kappa shape index (κ2) is 8.94. The van der Waals surface area contributed by atoms with Crippen LogP contribution in [0, 0.1) is 10.1 Å². The van der Waals surface area contributed by atoms with Crippen molar-refractivity contribution in [3.05, 3.63) is 100 Å². The van der Waals surface area contributed by atoms with Gasteiger partial charge in [0.2, 0.25) is 6.79 Å². The van der Waals surface area contributed by atoms with Crippen LogP contribution in [0.5, 0.6) is 17.2 Å². The summed E-state index contributed by atoms with van der Waals surface area (Å²) in [5.41, 5.74) is 2.26. The van der Waals surface area contributed by atoms with Gasteiger partial charge in [-0.3, -0.25) is 14.9 Å². The van der Waals surface area contributed by atoms with Crippen LogP contribution in [0.1, 0.15) is 16.1 Å². The molecule has 0 spiro atoms. The zero-order valence-electron chi connectivity index (χ0n) is 17.7. The summed E-state index contributed by atoms with van der Waals surface area (Å²) in [5.74, 6) is 1.60. The van der Waals surface area contributed by atoms with Crippen LogP contribution in [0.2, 0.25) is 0 Å². The third-order valence-corrected chi connectivity index (χ3v) is 5.08. The van der Waals surface area contributed by atoms with Crippen LogP contribution in [-0.2, 0) is 6.61 Å². The molecule has 0 radical (unpaired) electrons. The highest BCUT2D eigenvalue weighted by atomic mass is 16.7. The zero-order valence-corrected chi connectivity index (χ0v) is 17.7. The molecule has 10 heteroatoms. The van der Waals surface area contributed by atoms with Crippen LogP contribution in [0.4, 0.5) is 11.4 Å². The van der Waals surface area contributed by atoms with Crippen LogP contribution >= 0.6 is 0 Å². The Morgan fingerprint density at radius 3 is 2.71 bits per heavy atom. The largest absolute Gasteiger partial charge is 0.489 e. The Balaban J connectivity index is 1.22. The van der Waals surface area contributed by atoms with Gasteiger partial charge in [-0.15, -0.1) is 0 Å². The van der Waals surface area contributed by atoms with Gasteiger partial charge in [-0.1, -0.05) is 12.1 Å². The first-order chi connectivity index (χ1) is 16.5. The van der Waals surface area contributed by atoms with Gasteiger partial charge in [-0.2, -0.15) is 5.10 Å². The van der Waals surface area contributed by atoms with E-state index in [1.54, 1.807) is 48.7 Å². The fourth-order valence-corrected chi connectivity index (χ4v) is 3.38. The van der Waals surface area contributed by atoms with Gasteiger partial charge >= 0.3 is 0 Å². The van der Waals surface area contributed by atoms with Crippen LogP contribution in [0.25, 0.3) is 5.69 Å². The molecule has 2 heterocycles. The van der Waals surface area contributed by atoms with Crippen LogP contribution in [0.3, 0.4) is 0 Å². The van der Waals surface area contributed by atoms with Crippen molar-refractivity contribution in [1.29, 1.82) is 0 Å². The number of anilines is 1. The van der Waals surface area contributed by atoms with Crippen molar-refractivity contribution in [2.75, 3.05) is 12.1 Å². The van der Waals surface area contributed by atoms with Gasteiger partial charge in [0.1, 0.15) is 12.4 Å². The van der Waals surface area contributed by atoms with Gasteiger partial charge in [0.15, 0.2) is 17.2 Å². The summed E-state index contributed by atoms with van der Waals surface area (Å²) in [6.45, 7) is 0.505. The Hall–Kier alpha value is -4.86. The fourth-order valence-electron chi connectivity index (χ4n) is 3.38. The first kappa shape index (κ1) is 21.0. The fraction of sp³-hybridized carbons (Fsp3) is 0.0833. The third-order valence-electron chi connectivity index (χ3n) is 5.08. The highest BCUT2D eigenvalue weighted by Gasteiger charge is 2.14. The highest BCUT2D eigenvalue weighted by molar-refractivity contribution is 6.02. The number of rotatable bonds is 7. The molecule has 1 aliphatic heterocycles. The van der Waals surface area contributed by atoms with Crippen molar-refractivity contribution in [3.8, 4) is 22.9 Å². The molecule has 0 aliphatic carbocycles. The minimum Gasteiger partial charge on any atom is -0.489 e. The first-order valence-corrected chi connectivity index (χ1v) is 10.3. The standard InChI is InChI=1S/C24H18N4O6/c29-24(21-10-11-27(26-21)18-4-6-19(7-5-18)28(30)31)25-17-3-1-2-16(12-17)14-32-20-8-9-22-23(13-20)34-15-33-22/h1-13H,14-15H2,(H,25,29). The SMILES string of the molecule is O=C(Nc1cccc(COc2ccc3c(c2)OCO3)c1)c1ccn(-c2ccc([N+](=O)[O-])cc2)n1. The lowest BCUT2D eigenvalue weighted by atomic mass is 10.2. The van der Waals surface area contributed by atoms with Crippen molar-refractivity contribution in [2.45, 2.75) is 6.61 Å². The predicted molar refractivity (Wildman–Crippen MR) is 122 cm³/mol. The van der Waals surface area contributed by atoms with Crippen LogP contribution < -0.4 is 19.5 Å². The normalized spacial score (nSPS) is 11.8. The summed E-state index contributed by atoms with van der Waals surface area (Å²) < 4.78 is 18.0. The molecule has 5 rings (SSSR count). The highest BCUT2D eigenvalue weighted by Crippen LogP contribution is 2.35. The third kappa shape index (κ3) is 4.51. The molecule has 1 N–H and O–H groups in total. The lowest BCUT2D eigenvalue weighted by Gasteiger charge is -2.09. The molecule has 0 atom stereocenters. The van der Waals surface area contributed by atoms with E-state index in [1.165, 1.54) is 16.8 Å². The number of nitro groups is 1. The molecule has 0 unspecified atom stereocenters. The molecule has 3 aromatic carbocycles. The molecule has 10 nitrogen and oxygen atoms in total. The number of nitrogens with one attached hydrogen (secondary N) is 1. The zero-order chi connectivity index (χ0) is 23.5. The molecule has 1 aromatic heterocycles. The summed E-state index contributed by atoms with van der Waals surface area (Å²) in [6.07, 6.45) is 1.62. The van der Waals surface area contributed by atoms with Crippen molar-refractivity contribution >= 4 is 17.3 Å². The molecule has 34 heavy (non-hydrogen) atoms. The lowest BCUT2D eigenvalue weighted by molar-refractivity contribution is -0.384. The van der Waals surface area contributed by atoms with E-state index in [1.807, 2.05) is 18.2 Å². The molecular weight excluding hydrogens is 440 g/mol. The number of non-ortho nitro benzene ring substituents is 1. The summed E-state index contributed by atoms with van der Waals surface area (Å²) in [4.78, 5) is 23.0. The molecular formula is C24H18N4O6. The monoisotopic (exact) mass is 458 g/mol. The second-order valence-corrected chi connectivity index (χ2v) is 7.38. The molecule has 0 bridgehead atoms. The number of amides is 1. The maximum Gasteiger partial charge on any atom is 0.276 e. The average molecular weight is 458 g/mol. The Morgan fingerprint density at radius 1 is 1.06 bits per heavy atom. The number of hydrogen-bond acceptors (Lipinski definition) is 7. The minimum atomic E-state index is -0.472. The van der Waals surface area contributed by atoms with Crippen molar-refractivity contribution < 1.29 is 23.9 Å². The molecule has 0 fully saturated rings. The van der Waals surface area contributed by atoms with Crippen molar-refractivity contribution in [3.63, 3.8) is 0 Å². The Kier molecular flexibility index (Phi) is 5.53. The van der Waals surface area contributed by atoms with Gasteiger partial charge in [0, 0.05) is 30.1 Å². The number of carbonyl (C=O) groups is 1. The molecule has 0 saturated carbocycles. The van der Waals surface area contributed by atoms with Gasteiger partial charge in [0.05, 0.1) is 10.6 Å². The second-order valence-electron chi connectivity index (χ2n) is 7.38. The molecule has 170 valence electrons. The summed E-state index contributed by atoms with van der Waals surface area (Å²) in [6, 6.07) is 20.2. The molecule has 1 aliphatic rings. The van der Waals surface area contributed by atoms with E-state index in [0.29, 0.717) is 35.2 Å². The van der Waals surface area contributed by atoms with Crippen molar-refractivity contribution in [2.24, 2.45) is 0 Å². The minimum absolute atomic E-state index is 0.0174. The van der Waals surface area contributed by atoms with Gasteiger partial charge in [-0.05, 0) is 48.0 Å². The van der Waals surface area contributed by atoms with E-state index in [2.05, 4.69) is 10.4 Å². The summed E-state index contributed by atoms with van der Waals surface area (Å²) in [7, 11) is 0. The number of carbonyl (C=O) groups excluding carboxylic acids is 1. The number of fused-ring (bicyclic) bond motifs is 1. The number of ether oxygens (including phenoxy) is 3. The van der Waals surface area contributed by atoms with Gasteiger partial charge in [-0.25, -0.2) is 4.68 Å². The predicted octanol–water partition coefficient (Wildman–Crippen LogP) is 4.34. The van der Waals surface area contributed by atoms with Crippen LogP contribution in [-0.4, -0.2) is 27.4 Å². The molecule has 1 amide bonds. The number of nitrogens with zero attached hydrogens (tertiary/aromatic N) is 3. The van der Waals surface area contributed by atoms with Gasteiger partial charge in [0.25, 0.3) is 11.6 Å². The average Bonchev–Trinajstić information content (AvgIpc) is 3.53. The quantitative estimate of drug-likeness (QED) is 0.323. The van der Waals surface area contributed by atoms with E-state index in [-0.39, 0.29) is 24.1 Å². The van der Waals surface area contributed by atoms with E-state index < -0.39 is 4.92 Å². The van der Waals surface area contributed by atoms with E-state index in [0.717, 1.165) is 5.56 Å². The maximum absolute atomic E-state index is 12.7. The first-order valence-electron chi connectivity index (χ1n) is 10.3. The Labute approximate surface area is 193 Å². The van der Waals surface area contributed by atoms with Crippen LogP contribution in [0.15, 0.2) is 79.0 Å². The number of nitro benzene ring substituents is 1. The Morgan fingerprint density at radius 2 is 1.88 bits per heavy atom. The molecule has 0 saturated heterocycles. The summed E-state index contributed by atoms with van der Waals surface area (Å²) >= 11 is 0. The van der Waals surface area contributed by atoms with E-state index in [9.17, 15) is 14.9 Å². The Bertz CT molecular complexity index is 1370. The van der Waals surface area contributed by atoms with E-state index >= 15 is 0 Å². The maximum atomic E-state index is 12.7. The van der Waals surface area contributed by atoms with E-state index in [4.69, 9.17) is 14.2 Å². The topological polar surface area (TPSA) is 118 Å². The molecule has 4 aromatic rings. The van der Waals surface area contributed by atoms with Crippen molar-refractivity contribution in [1.82, 2.24) is 9.78 Å². The summed E-state index contributed by atoms with van der Waals surface area (Å²) in [5, 5.41) is 17.9.